The summed E-state index contributed by atoms with van der Waals surface area (Å²) in [5.74, 6) is 2.57. The maximum absolute atomic E-state index is 13.4. The molecule has 0 amide bonds. The summed E-state index contributed by atoms with van der Waals surface area (Å²) in [5.41, 5.74) is 1.29. The van der Waals surface area contributed by atoms with E-state index in [9.17, 15) is 4.39 Å². The van der Waals surface area contributed by atoms with E-state index in [2.05, 4.69) is 5.32 Å². The molecule has 4 aliphatic carbocycles. The van der Waals surface area contributed by atoms with Crippen molar-refractivity contribution in [2.24, 2.45) is 17.8 Å². The molecule has 0 atom stereocenters. The predicted molar refractivity (Wildman–Crippen MR) is 79.2 cm³/mol. The molecule has 3 heteroatoms. The standard InChI is InChI=1S/C17H21ClFN/c18-15-4-14(5-16(19)6-15)10-20-17-7-11-1-12(8-17)3-13(2-11)9-17/h4-6,11-13,20H,1-3,7-10H2. The lowest BCUT2D eigenvalue weighted by atomic mass is 9.53. The fourth-order valence-electron chi connectivity index (χ4n) is 5.33. The van der Waals surface area contributed by atoms with Gasteiger partial charge in [-0.25, -0.2) is 4.39 Å². The van der Waals surface area contributed by atoms with Crippen molar-refractivity contribution >= 4 is 11.6 Å². The molecule has 0 heterocycles. The van der Waals surface area contributed by atoms with Gasteiger partial charge in [-0.15, -0.1) is 0 Å². The Hall–Kier alpha value is -0.600. The molecule has 20 heavy (non-hydrogen) atoms. The summed E-state index contributed by atoms with van der Waals surface area (Å²) >= 11 is 5.94. The van der Waals surface area contributed by atoms with E-state index in [1.54, 1.807) is 6.07 Å². The van der Waals surface area contributed by atoms with E-state index in [4.69, 9.17) is 11.6 Å². The van der Waals surface area contributed by atoms with Crippen LogP contribution >= 0.6 is 11.6 Å². The maximum atomic E-state index is 13.4. The van der Waals surface area contributed by atoms with Gasteiger partial charge >= 0.3 is 0 Å². The fourth-order valence-corrected chi connectivity index (χ4v) is 5.57. The average Bonchev–Trinajstić information content (AvgIpc) is 2.34. The topological polar surface area (TPSA) is 12.0 Å². The molecule has 0 spiro atoms. The highest BCUT2D eigenvalue weighted by Gasteiger charge is 2.50. The van der Waals surface area contributed by atoms with Crippen molar-refractivity contribution in [1.29, 1.82) is 0 Å². The van der Waals surface area contributed by atoms with Gasteiger partial charge in [-0.2, -0.15) is 0 Å². The van der Waals surface area contributed by atoms with E-state index in [-0.39, 0.29) is 5.82 Å². The molecular formula is C17H21ClFN. The first-order valence-electron chi connectivity index (χ1n) is 7.80. The normalized spacial score (nSPS) is 38.4. The minimum absolute atomic E-state index is 0.236. The van der Waals surface area contributed by atoms with Gasteiger partial charge in [0.25, 0.3) is 0 Å². The van der Waals surface area contributed by atoms with Crippen LogP contribution in [0.3, 0.4) is 0 Å². The Morgan fingerprint density at radius 3 is 2.20 bits per heavy atom. The van der Waals surface area contributed by atoms with Gasteiger partial charge in [-0.05, 0) is 80.0 Å². The summed E-state index contributed by atoms with van der Waals surface area (Å²) in [7, 11) is 0. The Kier molecular flexibility index (Phi) is 3.08. The molecule has 0 unspecified atom stereocenters. The smallest absolute Gasteiger partial charge is 0.125 e. The first-order chi connectivity index (χ1) is 9.60. The molecule has 1 N–H and O–H groups in total. The molecule has 0 aromatic heterocycles. The highest BCUT2D eigenvalue weighted by Crippen LogP contribution is 2.55. The Morgan fingerprint density at radius 2 is 1.65 bits per heavy atom. The molecule has 1 aromatic carbocycles. The highest BCUT2D eigenvalue weighted by molar-refractivity contribution is 6.30. The molecule has 0 radical (unpaired) electrons. The van der Waals surface area contributed by atoms with Crippen LogP contribution in [0.5, 0.6) is 0 Å². The van der Waals surface area contributed by atoms with Crippen LogP contribution in [0.15, 0.2) is 18.2 Å². The average molecular weight is 294 g/mol. The largest absolute Gasteiger partial charge is 0.307 e. The van der Waals surface area contributed by atoms with Gasteiger partial charge in [-0.1, -0.05) is 11.6 Å². The van der Waals surface area contributed by atoms with Crippen molar-refractivity contribution < 1.29 is 4.39 Å². The van der Waals surface area contributed by atoms with Crippen molar-refractivity contribution in [2.75, 3.05) is 0 Å². The summed E-state index contributed by atoms with van der Waals surface area (Å²) in [5, 5.41) is 4.27. The lowest BCUT2D eigenvalue weighted by molar-refractivity contribution is -0.0206. The predicted octanol–water partition coefficient (Wildman–Crippen LogP) is 4.54. The Morgan fingerprint density at radius 1 is 1.05 bits per heavy atom. The number of hydrogen-bond donors (Lipinski definition) is 1. The summed E-state index contributed by atoms with van der Waals surface area (Å²) in [6, 6.07) is 4.84. The first kappa shape index (κ1) is 13.1. The minimum atomic E-state index is -0.236. The van der Waals surface area contributed by atoms with Crippen LogP contribution in [0.2, 0.25) is 5.02 Å². The highest BCUT2D eigenvalue weighted by atomic mass is 35.5. The molecule has 1 aromatic rings. The summed E-state index contributed by atoms with van der Waals surface area (Å²) in [4.78, 5) is 0. The van der Waals surface area contributed by atoms with E-state index >= 15 is 0 Å². The lowest BCUT2D eigenvalue weighted by Gasteiger charge is -2.57. The fraction of sp³-hybridized carbons (Fsp3) is 0.647. The summed E-state index contributed by atoms with van der Waals surface area (Å²) in [6.45, 7) is 0.740. The van der Waals surface area contributed by atoms with Crippen LogP contribution in [0.1, 0.15) is 44.1 Å². The second-order valence-corrected chi connectivity index (χ2v) is 7.77. The van der Waals surface area contributed by atoms with Gasteiger partial charge in [0.15, 0.2) is 0 Å². The number of benzene rings is 1. The van der Waals surface area contributed by atoms with Crippen LogP contribution in [0.25, 0.3) is 0 Å². The van der Waals surface area contributed by atoms with Crippen LogP contribution in [-0.4, -0.2) is 5.54 Å². The molecule has 4 saturated carbocycles. The molecule has 4 fully saturated rings. The van der Waals surface area contributed by atoms with E-state index < -0.39 is 0 Å². The number of nitrogens with one attached hydrogen (secondary N) is 1. The Labute approximate surface area is 124 Å². The molecule has 0 aliphatic heterocycles. The van der Waals surface area contributed by atoms with Crippen molar-refractivity contribution in [3.05, 3.63) is 34.6 Å². The molecule has 4 bridgehead atoms. The zero-order valence-electron chi connectivity index (χ0n) is 11.7. The van der Waals surface area contributed by atoms with E-state index in [1.807, 2.05) is 6.07 Å². The van der Waals surface area contributed by atoms with Gasteiger partial charge in [0, 0.05) is 17.1 Å². The number of hydrogen-bond acceptors (Lipinski definition) is 1. The maximum Gasteiger partial charge on any atom is 0.125 e. The van der Waals surface area contributed by atoms with Gasteiger partial charge in [0.1, 0.15) is 5.82 Å². The monoisotopic (exact) mass is 293 g/mol. The summed E-state index contributed by atoms with van der Waals surface area (Å²) < 4.78 is 13.4. The van der Waals surface area contributed by atoms with Gasteiger partial charge < -0.3 is 5.32 Å². The van der Waals surface area contributed by atoms with Crippen molar-refractivity contribution in [3.8, 4) is 0 Å². The molecule has 1 nitrogen and oxygen atoms in total. The second-order valence-electron chi connectivity index (χ2n) is 7.33. The van der Waals surface area contributed by atoms with E-state index in [1.165, 1.54) is 44.6 Å². The molecular weight excluding hydrogens is 273 g/mol. The van der Waals surface area contributed by atoms with Crippen LogP contribution in [0.4, 0.5) is 4.39 Å². The van der Waals surface area contributed by atoms with E-state index in [0.717, 1.165) is 29.9 Å². The zero-order chi connectivity index (χ0) is 13.7. The van der Waals surface area contributed by atoms with Gasteiger partial charge in [0.2, 0.25) is 0 Å². The number of rotatable bonds is 3. The van der Waals surface area contributed by atoms with E-state index in [0.29, 0.717) is 10.6 Å². The quantitative estimate of drug-likeness (QED) is 0.863. The second kappa shape index (κ2) is 4.71. The third kappa shape index (κ3) is 2.37. The van der Waals surface area contributed by atoms with Crippen LogP contribution in [-0.2, 0) is 6.54 Å². The van der Waals surface area contributed by atoms with Gasteiger partial charge in [0.05, 0.1) is 0 Å². The first-order valence-corrected chi connectivity index (χ1v) is 8.18. The van der Waals surface area contributed by atoms with Crippen LogP contribution < -0.4 is 5.32 Å². The Balaban J connectivity index is 1.49. The lowest BCUT2D eigenvalue weighted by Crippen LogP contribution is -2.58. The molecule has 108 valence electrons. The van der Waals surface area contributed by atoms with Gasteiger partial charge in [-0.3, -0.25) is 0 Å². The summed E-state index contributed by atoms with van der Waals surface area (Å²) in [6.07, 6.45) is 8.32. The number of halogens is 2. The van der Waals surface area contributed by atoms with Crippen molar-refractivity contribution in [2.45, 2.75) is 50.6 Å². The Bertz CT molecular complexity index is 472. The van der Waals surface area contributed by atoms with Crippen molar-refractivity contribution in [3.63, 3.8) is 0 Å². The van der Waals surface area contributed by atoms with Crippen LogP contribution in [0, 0.1) is 23.6 Å². The third-order valence-corrected chi connectivity index (χ3v) is 5.85. The molecule has 4 aliphatic rings. The van der Waals surface area contributed by atoms with Crippen molar-refractivity contribution in [1.82, 2.24) is 5.32 Å². The zero-order valence-corrected chi connectivity index (χ0v) is 12.4. The SMILES string of the molecule is Fc1cc(Cl)cc(CNC23CC4CC(CC(C4)C2)C3)c1. The molecule has 0 saturated heterocycles. The minimum Gasteiger partial charge on any atom is -0.307 e. The molecule has 5 rings (SSSR count). The third-order valence-electron chi connectivity index (χ3n) is 5.63.